The molecule has 5 nitrogen and oxygen atoms in total. The Morgan fingerprint density at radius 2 is 1.95 bits per heavy atom. The van der Waals surface area contributed by atoms with Crippen LogP contribution in [0.2, 0.25) is 0 Å². The van der Waals surface area contributed by atoms with Crippen molar-refractivity contribution in [2.24, 2.45) is 5.92 Å². The van der Waals surface area contributed by atoms with Gasteiger partial charge in [-0.15, -0.1) is 0 Å². The number of pyridine rings is 1. The van der Waals surface area contributed by atoms with Crippen molar-refractivity contribution in [1.29, 1.82) is 0 Å². The van der Waals surface area contributed by atoms with E-state index in [1.807, 2.05) is 17.0 Å². The van der Waals surface area contributed by atoms with E-state index in [0.29, 0.717) is 5.69 Å². The number of amides is 1. The molecule has 3 heterocycles. The largest absolute Gasteiger partial charge is 0.335 e. The molecule has 21 heavy (non-hydrogen) atoms. The molecule has 2 aliphatic rings. The van der Waals surface area contributed by atoms with E-state index >= 15 is 0 Å². The molecule has 1 aromatic heterocycles. The number of carbonyl (C=O) groups is 1. The van der Waals surface area contributed by atoms with Crippen molar-refractivity contribution in [1.82, 2.24) is 20.1 Å². The molecule has 0 unspecified atom stereocenters. The lowest BCUT2D eigenvalue weighted by molar-refractivity contribution is 0.0603. The maximum Gasteiger partial charge on any atom is 0.272 e. The summed E-state index contributed by atoms with van der Waals surface area (Å²) in [5.41, 5.74) is 0.560. The molecular weight excluding hydrogens is 264 g/mol. The Labute approximate surface area is 126 Å². The Morgan fingerprint density at radius 1 is 1.19 bits per heavy atom. The summed E-state index contributed by atoms with van der Waals surface area (Å²) in [6.07, 6.45) is 4.25. The molecule has 1 N–H and O–H groups in total. The molecule has 0 spiro atoms. The van der Waals surface area contributed by atoms with Crippen LogP contribution in [-0.4, -0.2) is 66.5 Å². The maximum atomic E-state index is 12.3. The lowest BCUT2D eigenvalue weighted by atomic mass is 9.97. The predicted octanol–water partition coefficient (Wildman–Crippen LogP) is 0.839. The standard InChI is InChI=1S/C16H24N4O/c21-16(15-3-1-2-6-18-15)20-11-9-19(10-12-20)13-14-4-7-17-8-5-14/h1-3,6,14,17H,4-5,7-13H2. The number of nitrogens with zero attached hydrogens (tertiary/aromatic N) is 3. The first-order valence-electron chi connectivity index (χ1n) is 7.96. The van der Waals surface area contributed by atoms with Crippen LogP contribution in [0, 0.1) is 5.92 Å². The van der Waals surface area contributed by atoms with Crippen LogP contribution in [0.25, 0.3) is 0 Å². The third-order valence-electron chi connectivity index (χ3n) is 4.52. The fourth-order valence-electron chi connectivity index (χ4n) is 3.21. The summed E-state index contributed by atoms with van der Waals surface area (Å²) in [7, 11) is 0. The van der Waals surface area contributed by atoms with Crippen molar-refractivity contribution in [3.63, 3.8) is 0 Å². The number of rotatable bonds is 3. The molecule has 2 aliphatic heterocycles. The van der Waals surface area contributed by atoms with Crippen LogP contribution in [0.15, 0.2) is 24.4 Å². The number of carbonyl (C=O) groups excluding carboxylic acids is 1. The van der Waals surface area contributed by atoms with E-state index in [9.17, 15) is 4.79 Å². The van der Waals surface area contributed by atoms with Gasteiger partial charge in [0.1, 0.15) is 5.69 Å². The van der Waals surface area contributed by atoms with Crippen LogP contribution in [0.5, 0.6) is 0 Å². The summed E-state index contributed by atoms with van der Waals surface area (Å²) < 4.78 is 0. The van der Waals surface area contributed by atoms with Crippen LogP contribution in [0.4, 0.5) is 0 Å². The molecule has 2 saturated heterocycles. The van der Waals surface area contributed by atoms with Crippen LogP contribution >= 0.6 is 0 Å². The molecule has 3 rings (SSSR count). The monoisotopic (exact) mass is 288 g/mol. The summed E-state index contributed by atoms with van der Waals surface area (Å²) in [6.45, 7) is 7.12. The summed E-state index contributed by atoms with van der Waals surface area (Å²) in [5.74, 6) is 0.890. The number of piperidine rings is 1. The molecule has 0 atom stereocenters. The van der Waals surface area contributed by atoms with E-state index in [1.165, 1.54) is 19.4 Å². The van der Waals surface area contributed by atoms with Gasteiger partial charge in [-0.05, 0) is 44.0 Å². The van der Waals surface area contributed by atoms with Crippen LogP contribution in [-0.2, 0) is 0 Å². The van der Waals surface area contributed by atoms with Crippen molar-refractivity contribution in [2.45, 2.75) is 12.8 Å². The van der Waals surface area contributed by atoms with Gasteiger partial charge < -0.3 is 10.2 Å². The fraction of sp³-hybridized carbons (Fsp3) is 0.625. The van der Waals surface area contributed by atoms with E-state index in [0.717, 1.165) is 45.2 Å². The van der Waals surface area contributed by atoms with Crippen molar-refractivity contribution in [3.8, 4) is 0 Å². The van der Waals surface area contributed by atoms with Crippen LogP contribution < -0.4 is 5.32 Å². The van der Waals surface area contributed by atoms with Gasteiger partial charge in [0.25, 0.3) is 5.91 Å². The SMILES string of the molecule is O=C(c1ccccn1)N1CCN(CC2CCNCC2)CC1. The Bertz CT molecular complexity index is 451. The van der Waals surface area contributed by atoms with Crippen molar-refractivity contribution >= 4 is 5.91 Å². The van der Waals surface area contributed by atoms with Crippen molar-refractivity contribution < 1.29 is 4.79 Å². The van der Waals surface area contributed by atoms with E-state index in [1.54, 1.807) is 12.3 Å². The van der Waals surface area contributed by atoms with Gasteiger partial charge in [-0.1, -0.05) is 6.07 Å². The van der Waals surface area contributed by atoms with E-state index in [-0.39, 0.29) is 5.91 Å². The zero-order valence-electron chi connectivity index (χ0n) is 12.5. The van der Waals surface area contributed by atoms with Gasteiger partial charge in [-0.2, -0.15) is 0 Å². The average molecular weight is 288 g/mol. The molecule has 0 aliphatic carbocycles. The molecule has 0 saturated carbocycles. The summed E-state index contributed by atoms with van der Waals surface area (Å²) in [5, 5.41) is 3.41. The number of hydrogen-bond acceptors (Lipinski definition) is 4. The van der Waals surface area contributed by atoms with E-state index in [4.69, 9.17) is 0 Å². The molecule has 1 aromatic rings. The minimum absolute atomic E-state index is 0.0668. The van der Waals surface area contributed by atoms with Gasteiger partial charge >= 0.3 is 0 Å². The summed E-state index contributed by atoms with van der Waals surface area (Å²) in [4.78, 5) is 20.9. The van der Waals surface area contributed by atoms with E-state index < -0.39 is 0 Å². The normalized spacial score (nSPS) is 21.4. The molecule has 1 amide bonds. The van der Waals surface area contributed by atoms with Gasteiger partial charge in [-0.25, -0.2) is 0 Å². The van der Waals surface area contributed by atoms with Gasteiger partial charge in [0.2, 0.25) is 0 Å². The summed E-state index contributed by atoms with van der Waals surface area (Å²) in [6, 6.07) is 5.51. The zero-order chi connectivity index (χ0) is 14.5. The zero-order valence-corrected chi connectivity index (χ0v) is 12.5. The predicted molar refractivity (Wildman–Crippen MR) is 82.2 cm³/mol. The lowest BCUT2D eigenvalue weighted by Crippen LogP contribution is -2.50. The molecule has 114 valence electrons. The maximum absolute atomic E-state index is 12.3. The first-order chi connectivity index (χ1) is 10.3. The van der Waals surface area contributed by atoms with Gasteiger partial charge in [0.05, 0.1) is 0 Å². The number of piperazine rings is 1. The Balaban J connectivity index is 1.47. The minimum Gasteiger partial charge on any atom is -0.335 e. The second-order valence-electron chi connectivity index (χ2n) is 6.00. The topological polar surface area (TPSA) is 48.5 Å². The third kappa shape index (κ3) is 3.80. The second-order valence-corrected chi connectivity index (χ2v) is 6.00. The highest BCUT2D eigenvalue weighted by atomic mass is 16.2. The van der Waals surface area contributed by atoms with E-state index in [2.05, 4.69) is 15.2 Å². The van der Waals surface area contributed by atoms with Gasteiger partial charge in [0, 0.05) is 38.9 Å². The molecule has 0 aromatic carbocycles. The molecule has 5 heteroatoms. The average Bonchev–Trinajstić information content (AvgIpc) is 2.57. The quantitative estimate of drug-likeness (QED) is 0.895. The lowest BCUT2D eigenvalue weighted by Gasteiger charge is -2.37. The van der Waals surface area contributed by atoms with Crippen molar-refractivity contribution in [2.75, 3.05) is 45.8 Å². The number of nitrogens with one attached hydrogen (secondary N) is 1. The number of aromatic nitrogens is 1. The highest BCUT2D eigenvalue weighted by molar-refractivity contribution is 5.92. The Kier molecular flexibility index (Phi) is 4.83. The third-order valence-corrected chi connectivity index (χ3v) is 4.52. The van der Waals surface area contributed by atoms with Crippen LogP contribution in [0.3, 0.4) is 0 Å². The number of hydrogen-bond donors (Lipinski definition) is 1. The van der Waals surface area contributed by atoms with Crippen molar-refractivity contribution in [3.05, 3.63) is 30.1 Å². The highest BCUT2D eigenvalue weighted by Gasteiger charge is 2.24. The fourth-order valence-corrected chi connectivity index (χ4v) is 3.21. The summed E-state index contributed by atoms with van der Waals surface area (Å²) >= 11 is 0. The first kappa shape index (κ1) is 14.5. The minimum atomic E-state index is 0.0668. The second kappa shape index (κ2) is 7.00. The molecule has 2 fully saturated rings. The molecule has 0 radical (unpaired) electrons. The van der Waals surface area contributed by atoms with Gasteiger partial charge in [0.15, 0.2) is 0 Å². The highest BCUT2D eigenvalue weighted by Crippen LogP contribution is 2.15. The van der Waals surface area contributed by atoms with Crippen LogP contribution in [0.1, 0.15) is 23.3 Å². The van der Waals surface area contributed by atoms with Gasteiger partial charge in [-0.3, -0.25) is 14.7 Å². The smallest absolute Gasteiger partial charge is 0.272 e. The molecular formula is C16H24N4O. The Hall–Kier alpha value is -1.46. The first-order valence-corrected chi connectivity index (χ1v) is 7.96. The Morgan fingerprint density at radius 3 is 2.62 bits per heavy atom. The molecule has 0 bridgehead atoms.